The number of benzene rings is 1. The minimum absolute atomic E-state index is 0.00470. The van der Waals surface area contributed by atoms with Crippen LogP contribution in [-0.4, -0.2) is 29.6 Å². The molecule has 0 aliphatic heterocycles. The third kappa shape index (κ3) is 3.22. The van der Waals surface area contributed by atoms with Crippen LogP contribution in [0.25, 0.3) is 11.0 Å². The molecular formula is C16H20ClNO3. The summed E-state index contributed by atoms with van der Waals surface area (Å²) in [6, 6.07) is 3.29. The number of hydrogen-bond acceptors (Lipinski definition) is 4. The molecule has 21 heavy (non-hydrogen) atoms. The van der Waals surface area contributed by atoms with E-state index in [1.165, 1.54) is 6.07 Å². The zero-order chi connectivity index (χ0) is 15.6. The van der Waals surface area contributed by atoms with E-state index in [-0.39, 0.29) is 16.4 Å². The van der Waals surface area contributed by atoms with Gasteiger partial charge >= 0.3 is 5.63 Å². The van der Waals surface area contributed by atoms with E-state index < -0.39 is 5.63 Å². The Morgan fingerprint density at radius 3 is 2.57 bits per heavy atom. The van der Waals surface area contributed by atoms with Gasteiger partial charge in [-0.1, -0.05) is 25.4 Å². The van der Waals surface area contributed by atoms with Gasteiger partial charge in [-0.05, 0) is 43.6 Å². The Morgan fingerprint density at radius 1 is 1.29 bits per heavy atom. The summed E-state index contributed by atoms with van der Waals surface area (Å²) < 4.78 is 5.12. The second-order valence-corrected chi connectivity index (χ2v) is 5.48. The van der Waals surface area contributed by atoms with Crippen molar-refractivity contribution in [3.8, 4) is 5.75 Å². The fourth-order valence-corrected chi connectivity index (χ4v) is 2.72. The van der Waals surface area contributed by atoms with E-state index >= 15 is 0 Å². The molecule has 0 atom stereocenters. The van der Waals surface area contributed by atoms with Crippen LogP contribution in [0.5, 0.6) is 5.75 Å². The van der Waals surface area contributed by atoms with E-state index in [4.69, 9.17) is 16.0 Å². The Hall–Kier alpha value is -1.52. The van der Waals surface area contributed by atoms with Crippen molar-refractivity contribution in [3.05, 3.63) is 38.7 Å². The predicted molar refractivity (Wildman–Crippen MR) is 85.4 cm³/mol. The third-order valence-electron chi connectivity index (χ3n) is 3.83. The average Bonchev–Trinajstić information content (AvgIpc) is 2.46. The van der Waals surface area contributed by atoms with Gasteiger partial charge in [-0.2, -0.15) is 0 Å². The summed E-state index contributed by atoms with van der Waals surface area (Å²) in [5.41, 5.74) is 1.37. The summed E-state index contributed by atoms with van der Waals surface area (Å²) >= 11 is 6.16. The van der Waals surface area contributed by atoms with Gasteiger partial charge in [-0.25, -0.2) is 4.79 Å². The van der Waals surface area contributed by atoms with Crippen LogP contribution in [0, 0.1) is 6.92 Å². The van der Waals surface area contributed by atoms with Gasteiger partial charge in [0.1, 0.15) is 10.8 Å². The lowest BCUT2D eigenvalue weighted by atomic mass is 10.0. The summed E-state index contributed by atoms with van der Waals surface area (Å²) in [7, 11) is 0. The van der Waals surface area contributed by atoms with Crippen LogP contribution >= 0.6 is 11.6 Å². The molecule has 0 radical (unpaired) electrons. The normalized spacial score (nSPS) is 11.5. The molecule has 1 heterocycles. The largest absolute Gasteiger partial charge is 0.506 e. The molecule has 0 spiro atoms. The SMILES string of the molecule is CCN(CC)CCc1cc2c(C)cc(=O)oc2c(Cl)c1O. The number of fused-ring (bicyclic) bond motifs is 1. The highest BCUT2D eigenvalue weighted by molar-refractivity contribution is 6.36. The standard InChI is InChI=1S/C16H20ClNO3/c1-4-18(5-2)7-6-11-9-12-10(3)8-13(19)21-16(12)14(17)15(11)20/h8-9,20H,4-7H2,1-3H3. The topological polar surface area (TPSA) is 53.7 Å². The first-order chi connectivity index (χ1) is 9.97. The molecule has 1 aromatic carbocycles. The monoisotopic (exact) mass is 309 g/mol. The molecule has 2 aromatic rings. The van der Waals surface area contributed by atoms with Crippen molar-refractivity contribution < 1.29 is 9.52 Å². The number of phenols is 1. The third-order valence-corrected chi connectivity index (χ3v) is 4.18. The molecule has 0 saturated heterocycles. The molecule has 0 saturated carbocycles. The molecule has 4 nitrogen and oxygen atoms in total. The van der Waals surface area contributed by atoms with Crippen molar-refractivity contribution in [3.63, 3.8) is 0 Å². The molecule has 1 N–H and O–H groups in total. The van der Waals surface area contributed by atoms with E-state index in [1.807, 2.05) is 13.0 Å². The molecule has 0 fully saturated rings. The molecule has 5 heteroatoms. The molecule has 0 aliphatic rings. The van der Waals surface area contributed by atoms with Gasteiger partial charge in [0, 0.05) is 18.0 Å². The minimum atomic E-state index is -0.461. The van der Waals surface area contributed by atoms with Crippen LogP contribution in [0.3, 0.4) is 0 Å². The number of aryl methyl sites for hydroxylation is 1. The Bertz CT molecular complexity index is 705. The van der Waals surface area contributed by atoms with Crippen molar-refractivity contribution in [2.75, 3.05) is 19.6 Å². The molecule has 114 valence electrons. The lowest BCUT2D eigenvalue weighted by molar-refractivity contribution is 0.306. The van der Waals surface area contributed by atoms with Gasteiger partial charge in [0.15, 0.2) is 5.58 Å². The highest BCUT2D eigenvalue weighted by atomic mass is 35.5. The zero-order valence-electron chi connectivity index (χ0n) is 12.6. The number of likely N-dealkylation sites (N-methyl/N-ethyl adjacent to an activating group) is 1. The molecule has 0 bridgehead atoms. The Labute approximate surface area is 128 Å². The van der Waals surface area contributed by atoms with Gasteiger partial charge in [-0.3, -0.25) is 0 Å². The van der Waals surface area contributed by atoms with E-state index in [1.54, 1.807) is 0 Å². The molecule has 2 rings (SSSR count). The smallest absolute Gasteiger partial charge is 0.336 e. The number of halogens is 1. The second kappa shape index (κ2) is 6.50. The summed E-state index contributed by atoms with van der Waals surface area (Å²) in [5.74, 6) is 0.00470. The van der Waals surface area contributed by atoms with Crippen molar-refractivity contribution in [1.82, 2.24) is 4.90 Å². The Morgan fingerprint density at radius 2 is 1.95 bits per heavy atom. The van der Waals surface area contributed by atoms with Crippen LogP contribution in [0.15, 0.2) is 21.3 Å². The van der Waals surface area contributed by atoms with Crippen LogP contribution < -0.4 is 5.63 Å². The maximum absolute atomic E-state index is 11.4. The summed E-state index contributed by atoms with van der Waals surface area (Å²) in [4.78, 5) is 13.7. The summed E-state index contributed by atoms with van der Waals surface area (Å²) in [6.45, 7) is 8.82. The maximum atomic E-state index is 11.4. The van der Waals surface area contributed by atoms with Gasteiger partial charge < -0.3 is 14.4 Å². The van der Waals surface area contributed by atoms with Crippen LogP contribution in [0.1, 0.15) is 25.0 Å². The molecule has 0 unspecified atom stereocenters. The lowest BCUT2D eigenvalue weighted by Gasteiger charge is -2.18. The number of rotatable bonds is 5. The minimum Gasteiger partial charge on any atom is -0.506 e. The Balaban J connectivity index is 2.46. The fourth-order valence-electron chi connectivity index (χ4n) is 2.46. The first-order valence-electron chi connectivity index (χ1n) is 7.15. The number of phenolic OH excluding ortho intramolecular Hbond substituents is 1. The number of aromatic hydroxyl groups is 1. The van der Waals surface area contributed by atoms with E-state index in [0.29, 0.717) is 6.42 Å². The molecule has 0 aliphatic carbocycles. The highest BCUT2D eigenvalue weighted by Gasteiger charge is 2.15. The Kier molecular flexibility index (Phi) is 4.91. The molecule has 1 aromatic heterocycles. The average molecular weight is 310 g/mol. The number of hydrogen-bond donors (Lipinski definition) is 1. The first kappa shape index (κ1) is 15.9. The fraction of sp³-hybridized carbons (Fsp3) is 0.438. The van der Waals surface area contributed by atoms with Crippen LogP contribution in [-0.2, 0) is 6.42 Å². The van der Waals surface area contributed by atoms with Crippen molar-refractivity contribution >= 4 is 22.6 Å². The highest BCUT2D eigenvalue weighted by Crippen LogP contribution is 2.36. The van der Waals surface area contributed by atoms with Crippen molar-refractivity contribution in [2.45, 2.75) is 27.2 Å². The maximum Gasteiger partial charge on any atom is 0.336 e. The lowest BCUT2D eigenvalue weighted by Crippen LogP contribution is -2.25. The first-order valence-corrected chi connectivity index (χ1v) is 7.52. The summed E-state index contributed by atoms with van der Waals surface area (Å²) in [5, 5.41) is 11.1. The van der Waals surface area contributed by atoms with Gasteiger partial charge in [0.25, 0.3) is 0 Å². The van der Waals surface area contributed by atoms with Crippen LogP contribution in [0.2, 0.25) is 5.02 Å². The summed E-state index contributed by atoms with van der Waals surface area (Å²) in [6.07, 6.45) is 0.696. The van der Waals surface area contributed by atoms with E-state index in [0.717, 1.165) is 36.1 Å². The molecule has 0 amide bonds. The number of nitrogens with zero attached hydrogens (tertiary/aromatic N) is 1. The zero-order valence-corrected chi connectivity index (χ0v) is 13.3. The van der Waals surface area contributed by atoms with Crippen molar-refractivity contribution in [2.24, 2.45) is 0 Å². The van der Waals surface area contributed by atoms with E-state index in [2.05, 4.69) is 18.7 Å². The van der Waals surface area contributed by atoms with E-state index in [9.17, 15) is 9.90 Å². The van der Waals surface area contributed by atoms with Gasteiger partial charge in [-0.15, -0.1) is 0 Å². The molecular weight excluding hydrogens is 290 g/mol. The quantitative estimate of drug-likeness (QED) is 0.861. The van der Waals surface area contributed by atoms with Crippen molar-refractivity contribution in [1.29, 1.82) is 0 Å². The second-order valence-electron chi connectivity index (χ2n) is 5.10. The van der Waals surface area contributed by atoms with Gasteiger partial charge in [0.05, 0.1) is 0 Å². The van der Waals surface area contributed by atoms with Gasteiger partial charge in [0.2, 0.25) is 0 Å². The van der Waals surface area contributed by atoms with Crippen LogP contribution in [0.4, 0.5) is 0 Å². The predicted octanol–water partition coefficient (Wildman–Crippen LogP) is 3.34.